The number of hydrogen-bond acceptors (Lipinski definition) is 1. The van der Waals surface area contributed by atoms with Crippen LogP contribution in [0, 0.1) is 0 Å². The maximum Gasteiger partial charge on any atom is 0.135 e. The van der Waals surface area contributed by atoms with Crippen molar-refractivity contribution >= 4 is 54.3 Å². The minimum absolute atomic E-state index is 0.962. The predicted molar refractivity (Wildman–Crippen MR) is 159 cm³/mol. The molecule has 176 valence electrons. The van der Waals surface area contributed by atoms with Crippen LogP contribution < -0.4 is 0 Å². The summed E-state index contributed by atoms with van der Waals surface area (Å²) >= 11 is 0. The van der Waals surface area contributed by atoms with E-state index in [1.165, 1.54) is 43.1 Å². The molecule has 8 aromatic rings. The normalized spacial score (nSPS) is 10.7. The van der Waals surface area contributed by atoms with Gasteiger partial charge in [0, 0.05) is 10.8 Å². The minimum Gasteiger partial charge on any atom is -0.456 e. The molecule has 0 bridgehead atoms. The Kier molecular flexibility index (Phi) is 6.34. The Labute approximate surface area is 216 Å². The number of furan rings is 1. The molecule has 0 aliphatic heterocycles. The van der Waals surface area contributed by atoms with Crippen LogP contribution in [0.3, 0.4) is 0 Å². The Hall–Kier alpha value is -4.88. The third-order valence-electron chi connectivity index (χ3n) is 6.56. The molecule has 0 aliphatic rings. The van der Waals surface area contributed by atoms with Crippen molar-refractivity contribution in [1.29, 1.82) is 0 Å². The molecule has 1 heterocycles. The van der Waals surface area contributed by atoms with E-state index in [1.54, 1.807) is 0 Å². The maximum atomic E-state index is 5.65. The first-order valence-electron chi connectivity index (χ1n) is 12.5. The van der Waals surface area contributed by atoms with E-state index in [0.717, 1.165) is 11.2 Å². The Morgan fingerprint density at radius 3 is 0.892 bits per heavy atom. The zero-order chi connectivity index (χ0) is 24.9. The third kappa shape index (κ3) is 4.94. The maximum absolute atomic E-state index is 5.65. The molecule has 0 saturated carbocycles. The predicted octanol–water partition coefficient (Wildman–Crippen LogP) is 10.4. The summed E-state index contributed by atoms with van der Waals surface area (Å²) in [7, 11) is 0. The lowest BCUT2D eigenvalue weighted by Crippen LogP contribution is -1.74. The first-order chi connectivity index (χ1) is 18.3. The SMILES string of the molecule is c1ccc2c(c1)oc1ccccc12.c1ccc2cc3ccccc3cc2c1.c1ccc2ccccc2c1. The fourth-order valence-corrected chi connectivity index (χ4v) is 4.69. The van der Waals surface area contributed by atoms with Crippen LogP contribution >= 0.6 is 0 Å². The van der Waals surface area contributed by atoms with Gasteiger partial charge in [-0.2, -0.15) is 0 Å². The molecule has 0 atom stereocenters. The lowest BCUT2D eigenvalue weighted by Gasteiger charge is -2.00. The topological polar surface area (TPSA) is 13.1 Å². The molecular weight excluding hydrogens is 448 g/mol. The van der Waals surface area contributed by atoms with Crippen molar-refractivity contribution < 1.29 is 4.42 Å². The van der Waals surface area contributed by atoms with Gasteiger partial charge < -0.3 is 4.42 Å². The summed E-state index contributed by atoms with van der Waals surface area (Å²) in [5.41, 5.74) is 1.92. The first-order valence-corrected chi connectivity index (χ1v) is 12.5. The minimum atomic E-state index is 0.962. The van der Waals surface area contributed by atoms with E-state index in [9.17, 15) is 0 Å². The van der Waals surface area contributed by atoms with Gasteiger partial charge in [0.2, 0.25) is 0 Å². The smallest absolute Gasteiger partial charge is 0.135 e. The van der Waals surface area contributed by atoms with E-state index in [2.05, 4.69) is 121 Å². The zero-order valence-corrected chi connectivity index (χ0v) is 20.4. The van der Waals surface area contributed by atoms with Crippen LogP contribution in [0.4, 0.5) is 0 Å². The fraction of sp³-hybridized carbons (Fsp3) is 0. The summed E-state index contributed by atoms with van der Waals surface area (Å²) < 4.78 is 5.65. The van der Waals surface area contributed by atoms with Crippen LogP contribution in [-0.2, 0) is 0 Å². The lowest BCUT2D eigenvalue weighted by atomic mass is 10.0. The van der Waals surface area contributed by atoms with Gasteiger partial charge in [-0.3, -0.25) is 0 Å². The van der Waals surface area contributed by atoms with Crippen LogP contribution in [0.15, 0.2) is 162 Å². The molecule has 0 amide bonds. The van der Waals surface area contributed by atoms with Gasteiger partial charge in [0.1, 0.15) is 11.2 Å². The molecule has 1 aromatic heterocycles. The highest BCUT2D eigenvalue weighted by Gasteiger charge is 2.03. The van der Waals surface area contributed by atoms with Crippen molar-refractivity contribution in [3.63, 3.8) is 0 Å². The molecule has 0 saturated heterocycles. The summed E-state index contributed by atoms with van der Waals surface area (Å²) in [5.74, 6) is 0. The van der Waals surface area contributed by atoms with Gasteiger partial charge in [0.05, 0.1) is 0 Å². The van der Waals surface area contributed by atoms with Crippen LogP contribution in [0.5, 0.6) is 0 Å². The number of para-hydroxylation sites is 2. The molecule has 0 unspecified atom stereocenters. The third-order valence-corrected chi connectivity index (χ3v) is 6.56. The van der Waals surface area contributed by atoms with Gasteiger partial charge in [-0.25, -0.2) is 0 Å². The highest BCUT2D eigenvalue weighted by molar-refractivity contribution is 6.04. The van der Waals surface area contributed by atoms with Gasteiger partial charge in [0.25, 0.3) is 0 Å². The second-order valence-electron chi connectivity index (χ2n) is 8.99. The molecule has 1 nitrogen and oxygen atoms in total. The molecule has 0 spiro atoms. The van der Waals surface area contributed by atoms with Crippen LogP contribution in [0.1, 0.15) is 0 Å². The Morgan fingerprint density at radius 1 is 0.270 bits per heavy atom. The van der Waals surface area contributed by atoms with E-state index in [0.29, 0.717) is 0 Å². The standard InChI is InChI=1S/C14H10.C12H8O.C10H8/c1-2-6-12-10-14-8-4-3-7-13(14)9-11(12)5-1;1-3-7-11-9(5-1)10-6-2-4-8-12(10)13-11;1-2-6-10-8-4-3-7-9(10)5-1/h1-10H;1-8H;1-8H. The van der Waals surface area contributed by atoms with E-state index < -0.39 is 0 Å². The van der Waals surface area contributed by atoms with Crippen molar-refractivity contribution in [3.8, 4) is 0 Å². The number of hydrogen-bond donors (Lipinski definition) is 0. The van der Waals surface area contributed by atoms with Crippen molar-refractivity contribution in [2.45, 2.75) is 0 Å². The van der Waals surface area contributed by atoms with Crippen molar-refractivity contribution in [2.24, 2.45) is 0 Å². The van der Waals surface area contributed by atoms with E-state index in [4.69, 9.17) is 4.42 Å². The molecular formula is C36H26O. The lowest BCUT2D eigenvalue weighted by molar-refractivity contribution is 0.669. The van der Waals surface area contributed by atoms with E-state index in [1.807, 2.05) is 36.4 Å². The number of benzene rings is 7. The monoisotopic (exact) mass is 474 g/mol. The second kappa shape index (κ2) is 10.4. The van der Waals surface area contributed by atoms with Crippen LogP contribution in [0.2, 0.25) is 0 Å². The number of fused-ring (bicyclic) bond motifs is 6. The van der Waals surface area contributed by atoms with Gasteiger partial charge in [-0.15, -0.1) is 0 Å². The molecule has 37 heavy (non-hydrogen) atoms. The molecule has 7 aromatic carbocycles. The molecule has 0 radical (unpaired) electrons. The first kappa shape index (κ1) is 22.6. The molecule has 0 N–H and O–H groups in total. The summed E-state index contributed by atoms with van der Waals surface area (Å²) in [5, 5.41) is 10.3. The summed E-state index contributed by atoms with van der Waals surface area (Å²) in [4.78, 5) is 0. The average Bonchev–Trinajstić information content (AvgIpc) is 3.36. The van der Waals surface area contributed by atoms with E-state index >= 15 is 0 Å². The van der Waals surface area contributed by atoms with Gasteiger partial charge in [-0.05, 0) is 56.6 Å². The average molecular weight is 475 g/mol. The van der Waals surface area contributed by atoms with Crippen molar-refractivity contribution in [1.82, 2.24) is 0 Å². The quantitative estimate of drug-likeness (QED) is 0.199. The molecule has 8 rings (SSSR count). The van der Waals surface area contributed by atoms with E-state index in [-0.39, 0.29) is 0 Å². The Bertz CT molecular complexity index is 1720. The largest absolute Gasteiger partial charge is 0.456 e. The number of rotatable bonds is 0. The second-order valence-corrected chi connectivity index (χ2v) is 8.99. The highest BCUT2D eigenvalue weighted by Crippen LogP contribution is 2.27. The van der Waals surface area contributed by atoms with Crippen LogP contribution in [-0.4, -0.2) is 0 Å². The molecule has 0 fully saturated rings. The summed E-state index contributed by atoms with van der Waals surface area (Å²) in [6.07, 6.45) is 0. The molecule has 0 aliphatic carbocycles. The summed E-state index contributed by atoms with van der Waals surface area (Å²) in [6.45, 7) is 0. The molecule has 1 heteroatoms. The highest BCUT2D eigenvalue weighted by atomic mass is 16.3. The van der Waals surface area contributed by atoms with Gasteiger partial charge >= 0.3 is 0 Å². The fourth-order valence-electron chi connectivity index (χ4n) is 4.69. The van der Waals surface area contributed by atoms with Crippen molar-refractivity contribution in [3.05, 3.63) is 158 Å². The van der Waals surface area contributed by atoms with Gasteiger partial charge in [-0.1, -0.05) is 133 Å². The summed E-state index contributed by atoms with van der Waals surface area (Å²) in [6, 6.07) is 54.3. The Morgan fingerprint density at radius 2 is 0.541 bits per heavy atom. The van der Waals surface area contributed by atoms with Crippen molar-refractivity contribution in [2.75, 3.05) is 0 Å². The van der Waals surface area contributed by atoms with Gasteiger partial charge in [0.15, 0.2) is 0 Å². The van der Waals surface area contributed by atoms with Crippen LogP contribution in [0.25, 0.3) is 54.3 Å². The Balaban J connectivity index is 0.000000104. The zero-order valence-electron chi connectivity index (χ0n) is 20.4.